The first-order chi connectivity index (χ1) is 12.7. The summed E-state index contributed by atoms with van der Waals surface area (Å²) in [6, 6.07) is 20.7. The summed E-state index contributed by atoms with van der Waals surface area (Å²) in [5.74, 6) is 1.00. The summed E-state index contributed by atoms with van der Waals surface area (Å²) in [5.41, 5.74) is 4.51. The maximum Gasteiger partial charge on any atom is 0.146 e. The molecule has 3 nitrogen and oxygen atoms in total. The molecule has 0 atom stereocenters. The van der Waals surface area contributed by atoms with Crippen molar-refractivity contribution in [2.24, 2.45) is 0 Å². The smallest absolute Gasteiger partial charge is 0.146 e. The third-order valence-electron chi connectivity index (χ3n) is 4.67. The Morgan fingerprint density at radius 2 is 1.73 bits per heavy atom. The number of benzene rings is 3. The van der Waals surface area contributed by atoms with Gasteiger partial charge < -0.3 is 9.30 Å². The Kier molecular flexibility index (Phi) is 4.17. The van der Waals surface area contributed by atoms with Crippen LogP contribution in [0, 0.1) is 12.7 Å². The third kappa shape index (κ3) is 2.73. The lowest BCUT2D eigenvalue weighted by atomic mass is 10.1. The number of para-hydroxylation sites is 1. The Bertz CT molecular complexity index is 1080. The molecule has 0 aliphatic rings. The van der Waals surface area contributed by atoms with Crippen molar-refractivity contribution in [2.75, 3.05) is 7.11 Å². The number of rotatable bonds is 4. The number of aromatic nitrogens is 2. The second kappa shape index (κ2) is 6.64. The molecular formula is C22H19FN2O. The molecule has 0 aliphatic carbocycles. The quantitative estimate of drug-likeness (QED) is 0.507. The summed E-state index contributed by atoms with van der Waals surface area (Å²) < 4.78 is 22.0. The molecule has 0 spiro atoms. The van der Waals surface area contributed by atoms with E-state index in [2.05, 4.69) is 23.6 Å². The molecule has 3 aromatic carbocycles. The standard InChI is InChI=1S/C22H19FN2O/c1-15-8-3-4-9-16(15)14-25-19-12-7-13-20(26-2)21(19)24-22(25)17-10-5-6-11-18(17)23/h3-13H,14H2,1-2H3. The second-order valence-corrected chi connectivity index (χ2v) is 6.26. The van der Waals surface area contributed by atoms with Gasteiger partial charge in [0.05, 0.1) is 18.2 Å². The Hall–Kier alpha value is -3.14. The Morgan fingerprint density at radius 1 is 0.962 bits per heavy atom. The van der Waals surface area contributed by atoms with Crippen LogP contribution >= 0.6 is 0 Å². The van der Waals surface area contributed by atoms with Gasteiger partial charge in [0.15, 0.2) is 0 Å². The van der Waals surface area contributed by atoms with Crippen molar-refractivity contribution in [3.05, 3.63) is 83.7 Å². The van der Waals surface area contributed by atoms with Crippen molar-refractivity contribution in [1.82, 2.24) is 9.55 Å². The minimum Gasteiger partial charge on any atom is -0.494 e. The van der Waals surface area contributed by atoms with Crippen molar-refractivity contribution in [3.8, 4) is 17.1 Å². The lowest BCUT2D eigenvalue weighted by Crippen LogP contribution is -2.04. The summed E-state index contributed by atoms with van der Waals surface area (Å²) in [7, 11) is 1.62. The molecule has 0 fully saturated rings. The topological polar surface area (TPSA) is 27.1 Å². The number of imidazole rings is 1. The van der Waals surface area contributed by atoms with Crippen molar-refractivity contribution < 1.29 is 9.13 Å². The van der Waals surface area contributed by atoms with Crippen LogP contribution in [-0.2, 0) is 6.54 Å². The van der Waals surface area contributed by atoms with E-state index in [-0.39, 0.29) is 5.82 Å². The van der Waals surface area contributed by atoms with Crippen LogP contribution in [0.5, 0.6) is 5.75 Å². The van der Waals surface area contributed by atoms with Crippen LogP contribution in [0.4, 0.5) is 4.39 Å². The van der Waals surface area contributed by atoms with E-state index in [0.29, 0.717) is 23.7 Å². The fourth-order valence-corrected chi connectivity index (χ4v) is 3.25. The van der Waals surface area contributed by atoms with E-state index in [4.69, 9.17) is 9.72 Å². The molecule has 0 amide bonds. The Balaban J connectivity index is 1.98. The van der Waals surface area contributed by atoms with Gasteiger partial charge in [0, 0.05) is 6.54 Å². The zero-order valence-electron chi connectivity index (χ0n) is 14.7. The number of fused-ring (bicyclic) bond motifs is 1. The lowest BCUT2D eigenvalue weighted by Gasteiger charge is -2.12. The minimum atomic E-state index is -0.284. The van der Waals surface area contributed by atoms with Crippen molar-refractivity contribution >= 4 is 11.0 Å². The molecular weight excluding hydrogens is 327 g/mol. The van der Waals surface area contributed by atoms with Gasteiger partial charge in [-0.15, -0.1) is 0 Å². The number of halogens is 1. The predicted octanol–water partition coefficient (Wildman–Crippen LogP) is 5.21. The lowest BCUT2D eigenvalue weighted by molar-refractivity contribution is 0.419. The Labute approximate surface area is 151 Å². The van der Waals surface area contributed by atoms with Gasteiger partial charge in [-0.3, -0.25) is 0 Å². The highest BCUT2D eigenvalue weighted by Crippen LogP contribution is 2.32. The Morgan fingerprint density at radius 3 is 2.50 bits per heavy atom. The fraction of sp³-hybridized carbons (Fsp3) is 0.136. The number of ether oxygens (including phenoxy) is 1. The number of hydrogen-bond donors (Lipinski definition) is 0. The number of aryl methyl sites for hydroxylation is 1. The van der Waals surface area contributed by atoms with E-state index in [1.807, 2.05) is 36.4 Å². The summed E-state index contributed by atoms with van der Waals surface area (Å²) >= 11 is 0. The van der Waals surface area contributed by atoms with Crippen LogP contribution in [0.15, 0.2) is 66.7 Å². The first kappa shape index (κ1) is 16.3. The average molecular weight is 346 g/mol. The molecule has 1 heterocycles. The molecule has 4 rings (SSSR count). The normalized spacial score (nSPS) is 11.0. The largest absolute Gasteiger partial charge is 0.494 e. The fourth-order valence-electron chi connectivity index (χ4n) is 3.25. The molecule has 0 bridgehead atoms. The molecule has 1 aromatic heterocycles. The van der Waals surface area contributed by atoms with Crippen LogP contribution in [0.1, 0.15) is 11.1 Å². The summed E-state index contributed by atoms with van der Waals surface area (Å²) in [6.07, 6.45) is 0. The van der Waals surface area contributed by atoms with Gasteiger partial charge in [0.2, 0.25) is 0 Å². The highest BCUT2D eigenvalue weighted by atomic mass is 19.1. The second-order valence-electron chi connectivity index (χ2n) is 6.26. The summed E-state index contributed by atoms with van der Waals surface area (Å²) in [6.45, 7) is 2.69. The maximum absolute atomic E-state index is 14.5. The number of nitrogens with zero attached hydrogens (tertiary/aromatic N) is 2. The van der Waals surface area contributed by atoms with Crippen LogP contribution < -0.4 is 4.74 Å². The molecule has 4 aromatic rings. The molecule has 130 valence electrons. The monoisotopic (exact) mass is 346 g/mol. The first-order valence-corrected chi connectivity index (χ1v) is 8.51. The van der Waals surface area contributed by atoms with Crippen LogP contribution in [-0.4, -0.2) is 16.7 Å². The first-order valence-electron chi connectivity index (χ1n) is 8.51. The van der Waals surface area contributed by atoms with Gasteiger partial charge in [0.1, 0.15) is 22.9 Å². The number of hydrogen-bond acceptors (Lipinski definition) is 2. The molecule has 26 heavy (non-hydrogen) atoms. The van der Waals surface area contributed by atoms with Crippen molar-refractivity contribution in [2.45, 2.75) is 13.5 Å². The van der Waals surface area contributed by atoms with E-state index >= 15 is 0 Å². The zero-order valence-corrected chi connectivity index (χ0v) is 14.7. The van der Waals surface area contributed by atoms with E-state index in [0.717, 1.165) is 11.0 Å². The molecule has 0 N–H and O–H groups in total. The van der Waals surface area contributed by atoms with Crippen molar-refractivity contribution in [3.63, 3.8) is 0 Å². The van der Waals surface area contributed by atoms with E-state index < -0.39 is 0 Å². The van der Waals surface area contributed by atoms with Crippen LogP contribution in [0.3, 0.4) is 0 Å². The van der Waals surface area contributed by atoms with Gasteiger partial charge in [-0.2, -0.15) is 0 Å². The van der Waals surface area contributed by atoms with Gasteiger partial charge in [-0.1, -0.05) is 42.5 Å². The van der Waals surface area contributed by atoms with E-state index in [1.165, 1.54) is 17.2 Å². The van der Waals surface area contributed by atoms with Gasteiger partial charge in [0.25, 0.3) is 0 Å². The highest BCUT2D eigenvalue weighted by molar-refractivity contribution is 5.86. The predicted molar refractivity (Wildman–Crippen MR) is 102 cm³/mol. The van der Waals surface area contributed by atoms with Gasteiger partial charge in [-0.25, -0.2) is 9.37 Å². The highest BCUT2D eigenvalue weighted by Gasteiger charge is 2.18. The van der Waals surface area contributed by atoms with Crippen LogP contribution in [0.25, 0.3) is 22.4 Å². The molecule has 0 saturated carbocycles. The van der Waals surface area contributed by atoms with Crippen LogP contribution in [0.2, 0.25) is 0 Å². The third-order valence-corrected chi connectivity index (χ3v) is 4.67. The number of methoxy groups -OCH3 is 1. The van der Waals surface area contributed by atoms with E-state index in [1.54, 1.807) is 19.2 Å². The zero-order chi connectivity index (χ0) is 18.1. The maximum atomic E-state index is 14.5. The van der Waals surface area contributed by atoms with Gasteiger partial charge in [-0.05, 0) is 42.3 Å². The van der Waals surface area contributed by atoms with Gasteiger partial charge >= 0.3 is 0 Å². The molecule has 0 unspecified atom stereocenters. The SMILES string of the molecule is COc1cccc2c1nc(-c1ccccc1F)n2Cc1ccccc1C. The summed E-state index contributed by atoms with van der Waals surface area (Å²) in [4.78, 5) is 4.74. The van der Waals surface area contributed by atoms with Crippen molar-refractivity contribution in [1.29, 1.82) is 0 Å². The average Bonchev–Trinajstić information content (AvgIpc) is 3.02. The molecule has 0 saturated heterocycles. The van der Waals surface area contributed by atoms with E-state index in [9.17, 15) is 4.39 Å². The molecule has 0 aliphatic heterocycles. The molecule has 4 heteroatoms. The molecule has 0 radical (unpaired) electrons. The summed E-state index contributed by atoms with van der Waals surface area (Å²) in [5, 5.41) is 0. The minimum absolute atomic E-state index is 0.284.